The predicted octanol–water partition coefficient (Wildman–Crippen LogP) is 9.48. The van der Waals surface area contributed by atoms with Crippen LogP contribution in [0.3, 0.4) is 0 Å². The summed E-state index contributed by atoms with van der Waals surface area (Å²) >= 11 is 17.9. The molecule has 4 aromatic heterocycles. The van der Waals surface area contributed by atoms with Crippen LogP contribution in [0.2, 0.25) is 0 Å². The van der Waals surface area contributed by atoms with Crippen molar-refractivity contribution in [3.63, 3.8) is 0 Å². The van der Waals surface area contributed by atoms with Crippen LogP contribution in [-0.2, 0) is 27.5 Å². The SMILES string of the molecule is Cc1csc(-c2cc(CO)cc(NC3CCC(F)(F)CC3)n2)n1.Cc1csc(-c2cc(COC(N)=O)cc(NC3CCC(F)(F)CC3)n2)n1.N#COC(=O)C(Cl)(Cl)Cl. The Bertz CT molecular complexity index is 2050. The maximum absolute atomic E-state index is 13.3. The van der Waals surface area contributed by atoms with Crippen molar-refractivity contribution < 1.29 is 41.7 Å². The highest BCUT2D eigenvalue weighted by atomic mass is 35.6. The fraction of sp³-hybridized carbons (Fsp3) is 0.472. The lowest BCUT2D eigenvalue weighted by atomic mass is 9.92. The number of thiazole rings is 2. The lowest BCUT2D eigenvalue weighted by molar-refractivity contribution is -0.135. The van der Waals surface area contributed by atoms with Gasteiger partial charge in [0.25, 0.3) is 10.0 Å². The number of primary amides is 1. The van der Waals surface area contributed by atoms with E-state index in [1.165, 1.54) is 22.7 Å². The Labute approximate surface area is 354 Å². The van der Waals surface area contributed by atoms with E-state index in [0.717, 1.165) is 33.2 Å². The molecule has 0 saturated heterocycles. The molecule has 5 N–H and O–H groups in total. The smallest absolute Gasteiger partial charge is 0.404 e. The van der Waals surface area contributed by atoms with E-state index in [0.29, 0.717) is 54.3 Å². The normalized spacial score (nSPS) is 16.4. The number of carbonyl (C=O) groups excluding carboxylic acids is 2. The second kappa shape index (κ2) is 20.8. The summed E-state index contributed by atoms with van der Waals surface area (Å²) in [7, 11) is 0. The molecule has 2 fully saturated rings. The van der Waals surface area contributed by atoms with Crippen molar-refractivity contribution in [2.24, 2.45) is 5.73 Å². The number of aromatic nitrogens is 4. The molecule has 13 nitrogen and oxygen atoms in total. The van der Waals surface area contributed by atoms with Gasteiger partial charge in [0.1, 0.15) is 39.6 Å². The van der Waals surface area contributed by atoms with Gasteiger partial charge in [-0.25, -0.2) is 47.1 Å². The number of carbonyl (C=O) groups is 2. The third kappa shape index (κ3) is 15.3. The number of pyridine rings is 2. The third-order valence-corrected chi connectivity index (χ3v) is 10.9. The van der Waals surface area contributed by atoms with E-state index in [1.807, 2.05) is 24.6 Å². The van der Waals surface area contributed by atoms with Gasteiger partial charge in [-0.1, -0.05) is 34.8 Å². The summed E-state index contributed by atoms with van der Waals surface area (Å²) in [5, 5.41) is 29.0. The molecule has 22 heteroatoms. The molecule has 2 aliphatic rings. The number of amides is 1. The van der Waals surface area contributed by atoms with Crippen LogP contribution in [0.25, 0.3) is 21.4 Å². The summed E-state index contributed by atoms with van der Waals surface area (Å²) in [5.41, 5.74) is 9.59. The second-order valence-corrected chi connectivity index (χ2v) is 17.4. The first kappa shape index (κ1) is 46.6. The highest BCUT2D eigenvalue weighted by Crippen LogP contribution is 2.36. The molecule has 1 amide bonds. The van der Waals surface area contributed by atoms with Crippen molar-refractivity contribution in [1.29, 1.82) is 5.26 Å². The van der Waals surface area contributed by atoms with Crippen molar-refractivity contribution in [3.8, 4) is 27.7 Å². The third-order valence-electron chi connectivity index (χ3n) is 8.52. The molecule has 6 rings (SSSR count). The van der Waals surface area contributed by atoms with E-state index in [2.05, 4.69) is 35.3 Å². The van der Waals surface area contributed by atoms with Crippen molar-refractivity contribution in [2.75, 3.05) is 10.6 Å². The van der Waals surface area contributed by atoms with Gasteiger partial charge < -0.3 is 30.9 Å². The second-order valence-electron chi connectivity index (χ2n) is 13.4. The number of hydrogen-bond donors (Lipinski definition) is 4. The number of rotatable bonds is 9. The van der Waals surface area contributed by atoms with Crippen LogP contribution in [0, 0.1) is 25.4 Å². The molecule has 0 unspecified atom stereocenters. The summed E-state index contributed by atoms with van der Waals surface area (Å²) in [4.78, 5) is 39.0. The zero-order valence-electron chi connectivity index (χ0n) is 31.0. The summed E-state index contributed by atoms with van der Waals surface area (Å²) in [6, 6.07) is 7.00. The minimum Gasteiger partial charge on any atom is -0.445 e. The van der Waals surface area contributed by atoms with Gasteiger partial charge in [-0.3, -0.25) is 0 Å². The maximum Gasteiger partial charge on any atom is 0.404 e. The van der Waals surface area contributed by atoms with E-state index in [-0.39, 0.29) is 51.0 Å². The van der Waals surface area contributed by atoms with Crippen LogP contribution < -0.4 is 16.4 Å². The summed E-state index contributed by atoms with van der Waals surface area (Å²) < 4.78 is 59.5. The largest absolute Gasteiger partial charge is 0.445 e. The number of aryl methyl sites for hydroxylation is 2. The molecular weight excluding hydrogens is 871 g/mol. The zero-order valence-corrected chi connectivity index (χ0v) is 34.9. The van der Waals surface area contributed by atoms with Gasteiger partial charge in [-0.05, 0) is 74.9 Å². The molecule has 0 aromatic carbocycles. The highest BCUT2D eigenvalue weighted by molar-refractivity contribution is 7.13. The molecule has 2 aliphatic carbocycles. The number of aliphatic hydroxyl groups is 1. The monoisotopic (exact) mass is 908 g/mol. The Balaban J connectivity index is 0.000000214. The topological polar surface area (TPSA) is 198 Å². The van der Waals surface area contributed by atoms with Gasteiger partial charge in [0.05, 0.1) is 6.61 Å². The number of nitrogens with two attached hydrogens (primary N) is 1. The number of hydrogen-bond acceptors (Lipinski definition) is 14. The molecular formula is C36H39Cl3F4N8O5S2. The van der Waals surface area contributed by atoms with Crippen LogP contribution in [-0.4, -0.2) is 64.8 Å². The zero-order chi connectivity index (χ0) is 42.7. The molecule has 0 atom stereocenters. The minimum atomic E-state index is -2.58. The first-order valence-electron chi connectivity index (χ1n) is 17.6. The van der Waals surface area contributed by atoms with E-state index in [9.17, 15) is 32.3 Å². The Morgan fingerprint density at radius 1 is 0.845 bits per heavy atom. The first-order chi connectivity index (χ1) is 27.2. The van der Waals surface area contributed by atoms with Crippen molar-refractivity contribution >= 4 is 81.2 Å². The molecule has 2 saturated carbocycles. The summed E-state index contributed by atoms with van der Waals surface area (Å²) in [6.07, 6.45) is 1.35. The van der Waals surface area contributed by atoms with Crippen molar-refractivity contribution in [1.82, 2.24) is 19.9 Å². The number of nitrogens with zero attached hydrogens (tertiary/aromatic N) is 5. The number of ether oxygens (including phenoxy) is 2. The molecule has 0 bridgehead atoms. The van der Waals surface area contributed by atoms with Crippen LogP contribution in [0.4, 0.5) is 34.0 Å². The molecule has 314 valence electrons. The summed E-state index contributed by atoms with van der Waals surface area (Å²) in [6.45, 7) is 3.71. The Morgan fingerprint density at radius 2 is 1.28 bits per heavy atom. The fourth-order valence-electron chi connectivity index (χ4n) is 5.70. The molecule has 4 heterocycles. The minimum absolute atomic E-state index is 0.00658. The number of esters is 1. The number of nitrogens with one attached hydrogen (secondary N) is 2. The quantitative estimate of drug-likeness (QED) is 0.0538. The average molecular weight is 910 g/mol. The molecule has 0 radical (unpaired) electrons. The first-order valence-corrected chi connectivity index (χ1v) is 20.5. The predicted molar refractivity (Wildman–Crippen MR) is 214 cm³/mol. The van der Waals surface area contributed by atoms with Gasteiger partial charge in [0.15, 0.2) is 0 Å². The number of halogens is 7. The Morgan fingerprint density at radius 3 is 1.62 bits per heavy atom. The average Bonchev–Trinajstić information content (AvgIpc) is 3.80. The van der Waals surface area contributed by atoms with E-state index >= 15 is 0 Å². The Hall–Kier alpha value is -4.06. The number of anilines is 2. The van der Waals surface area contributed by atoms with Crippen LogP contribution in [0.15, 0.2) is 35.0 Å². The van der Waals surface area contributed by atoms with Crippen molar-refractivity contribution in [3.05, 3.63) is 57.5 Å². The van der Waals surface area contributed by atoms with Crippen molar-refractivity contribution in [2.45, 2.75) is 106 Å². The van der Waals surface area contributed by atoms with E-state index in [1.54, 1.807) is 24.3 Å². The van der Waals surface area contributed by atoms with Gasteiger partial charge in [0, 0.05) is 59.9 Å². The van der Waals surface area contributed by atoms with E-state index < -0.39 is 27.7 Å². The Kier molecular flexibility index (Phi) is 16.7. The van der Waals surface area contributed by atoms with Gasteiger partial charge in [-0.15, -0.1) is 27.9 Å². The molecule has 0 spiro atoms. The highest BCUT2D eigenvalue weighted by Gasteiger charge is 2.36. The number of nitriles is 1. The fourth-order valence-corrected chi connectivity index (χ4v) is 7.33. The van der Waals surface area contributed by atoms with Crippen LogP contribution >= 0.6 is 57.5 Å². The number of alkyl halides is 7. The molecule has 4 aromatic rings. The van der Waals surface area contributed by atoms with Gasteiger partial charge >= 0.3 is 12.1 Å². The lowest BCUT2D eigenvalue weighted by Crippen LogP contribution is -2.32. The lowest BCUT2D eigenvalue weighted by Gasteiger charge is -2.29. The molecule has 0 aliphatic heterocycles. The number of aliphatic hydroxyl groups excluding tert-OH is 1. The van der Waals surface area contributed by atoms with Crippen LogP contribution in [0.1, 0.15) is 73.9 Å². The molecule has 58 heavy (non-hydrogen) atoms. The van der Waals surface area contributed by atoms with Gasteiger partial charge in [-0.2, -0.15) is 0 Å². The standard InChI is InChI=1S/C17H20F2N4O2S.C16H19F2N3OS.C3Cl3NO2/c1-10-9-26-15(21-10)13-6-11(8-25-16(20)24)7-14(23-13)22-12-2-4-17(18,19)5-3-12;1-10-9-23-15(19-10)13-6-11(8-22)7-14(21-13)20-12-2-4-16(17,18)5-3-12;4-3(5,6)2(8)9-1-7/h6-7,9,12H,2-5,8H2,1H3,(H2,20,24)(H,22,23);6-7,9,12,22H,2-5,8H2,1H3,(H,20,21);. The maximum atomic E-state index is 13.3. The van der Waals surface area contributed by atoms with Crippen LogP contribution in [0.5, 0.6) is 0 Å². The summed E-state index contributed by atoms with van der Waals surface area (Å²) in [5.74, 6) is -5.16. The van der Waals surface area contributed by atoms with Gasteiger partial charge in [0.2, 0.25) is 11.8 Å². The van der Waals surface area contributed by atoms with E-state index in [4.69, 9.17) is 50.5 Å².